The number of carbonyl (C=O) groups is 1. The minimum absolute atomic E-state index is 0.0675. The number of aromatic hydroxyl groups is 1. The zero-order valence-electron chi connectivity index (χ0n) is 12.8. The summed E-state index contributed by atoms with van der Waals surface area (Å²) in [6, 6.07) is 3.32. The van der Waals surface area contributed by atoms with Gasteiger partial charge in [0, 0.05) is 18.0 Å². The molecule has 1 aliphatic heterocycles. The van der Waals surface area contributed by atoms with Gasteiger partial charge >= 0.3 is 0 Å². The lowest BCUT2D eigenvalue weighted by molar-refractivity contribution is 0.0996. The Bertz CT molecular complexity index is 951. The molecule has 0 unspecified atom stereocenters. The van der Waals surface area contributed by atoms with Crippen LogP contribution in [0.15, 0.2) is 30.7 Å². The first-order chi connectivity index (χ1) is 11.5. The van der Waals surface area contributed by atoms with Crippen LogP contribution in [0.4, 0.5) is 11.5 Å². The minimum atomic E-state index is -0.0961. The molecule has 4 heterocycles. The fraction of sp³-hybridized carbons (Fsp3) is 0.125. The molecule has 4 rings (SSSR count). The number of H-pyrrole nitrogens is 1. The van der Waals surface area contributed by atoms with Crippen LogP contribution in [0.5, 0.6) is 5.75 Å². The monoisotopic (exact) mass is 322 g/mol. The number of carbonyl (C=O) groups excluding carboxylic acids is 1. The average Bonchev–Trinajstić information content (AvgIpc) is 3.18. The van der Waals surface area contributed by atoms with Crippen LogP contribution in [0.25, 0.3) is 11.3 Å². The van der Waals surface area contributed by atoms with Crippen LogP contribution in [0.1, 0.15) is 21.6 Å². The first-order valence-corrected chi connectivity index (χ1v) is 7.30. The van der Waals surface area contributed by atoms with Crippen molar-refractivity contribution in [2.45, 2.75) is 13.5 Å². The molecule has 3 aromatic heterocycles. The van der Waals surface area contributed by atoms with Crippen molar-refractivity contribution in [1.29, 1.82) is 0 Å². The van der Waals surface area contributed by atoms with Gasteiger partial charge in [-0.05, 0) is 24.6 Å². The quantitative estimate of drug-likeness (QED) is 0.659. The standard InChI is InChI=1S/C16H14N6O2/c1-8-2-11(9-3-13(23)15(17)18-4-9)21-12-7-22(16(24)14(8)12)10-5-19-20-6-10/h2-6,23H,7H2,1H3,(H2,17,18)(H,19,20). The second-order valence-corrected chi connectivity index (χ2v) is 5.62. The number of nitrogens with two attached hydrogens (primary N) is 1. The number of nitrogens with zero attached hydrogens (tertiary/aromatic N) is 4. The van der Waals surface area contributed by atoms with Crippen LogP contribution in [0, 0.1) is 6.92 Å². The Morgan fingerprint density at radius 3 is 2.88 bits per heavy atom. The molecule has 0 aliphatic carbocycles. The van der Waals surface area contributed by atoms with Crippen molar-refractivity contribution in [2.75, 3.05) is 10.6 Å². The Balaban J connectivity index is 1.78. The van der Waals surface area contributed by atoms with Crippen molar-refractivity contribution in [3.8, 4) is 17.0 Å². The molecular formula is C16H14N6O2. The predicted octanol–water partition coefficient (Wildman–Crippen LogP) is 1.62. The Labute approximate surface area is 137 Å². The van der Waals surface area contributed by atoms with Crippen LogP contribution < -0.4 is 10.6 Å². The average molecular weight is 322 g/mol. The molecule has 0 atom stereocenters. The van der Waals surface area contributed by atoms with Gasteiger partial charge in [-0.3, -0.25) is 19.8 Å². The SMILES string of the molecule is Cc1cc(-c2cnc(N)c(O)c2)nc2c1C(=O)N(c1cn[nH]c1)C2. The highest BCUT2D eigenvalue weighted by Crippen LogP contribution is 2.32. The maximum absolute atomic E-state index is 12.6. The molecule has 120 valence electrons. The first-order valence-electron chi connectivity index (χ1n) is 7.30. The normalized spacial score (nSPS) is 13.4. The fourth-order valence-electron chi connectivity index (χ4n) is 2.85. The zero-order chi connectivity index (χ0) is 16.8. The highest BCUT2D eigenvalue weighted by Gasteiger charge is 2.32. The maximum atomic E-state index is 12.6. The van der Waals surface area contributed by atoms with E-state index in [9.17, 15) is 9.90 Å². The summed E-state index contributed by atoms with van der Waals surface area (Å²) in [5, 5.41) is 16.3. The molecule has 0 radical (unpaired) electrons. The summed E-state index contributed by atoms with van der Waals surface area (Å²) in [7, 11) is 0. The number of amides is 1. The number of aromatic nitrogens is 4. The van der Waals surface area contributed by atoms with E-state index in [1.807, 2.05) is 13.0 Å². The first kappa shape index (κ1) is 14.2. The Morgan fingerprint density at radius 1 is 1.33 bits per heavy atom. The van der Waals surface area contributed by atoms with Crippen LogP contribution in [0.2, 0.25) is 0 Å². The number of fused-ring (bicyclic) bond motifs is 1. The molecule has 0 spiro atoms. The van der Waals surface area contributed by atoms with Crippen molar-refractivity contribution >= 4 is 17.4 Å². The van der Waals surface area contributed by atoms with E-state index in [2.05, 4.69) is 20.2 Å². The third-order valence-electron chi connectivity index (χ3n) is 4.05. The van der Waals surface area contributed by atoms with Crippen molar-refractivity contribution in [1.82, 2.24) is 20.2 Å². The van der Waals surface area contributed by atoms with Gasteiger partial charge in [0.05, 0.1) is 35.4 Å². The molecule has 3 aromatic rings. The van der Waals surface area contributed by atoms with Crippen molar-refractivity contribution < 1.29 is 9.90 Å². The fourth-order valence-corrected chi connectivity index (χ4v) is 2.85. The van der Waals surface area contributed by atoms with Gasteiger partial charge in [0.25, 0.3) is 5.91 Å². The molecule has 1 amide bonds. The lowest BCUT2D eigenvalue weighted by atomic mass is 10.0. The number of anilines is 2. The van der Waals surface area contributed by atoms with Crippen molar-refractivity contribution in [3.63, 3.8) is 0 Å². The Morgan fingerprint density at radius 2 is 2.17 bits per heavy atom. The topological polar surface area (TPSA) is 121 Å². The van der Waals surface area contributed by atoms with E-state index >= 15 is 0 Å². The lowest BCUT2D eigenvalue weighted by Crippen LogP contribution is -2.22. The van der Waals surface area contributed by atoms with E-state index in [-0.39, 0.29) is 17.5 Å². The van der Waals surface area contributed by atoms with E-state index in [1.54, 1.807) is 23.5 Å². The van der Waals surface area contributed by atoms with Gasteiger partial charge in [-0.15, -0.1) is 0 Å². The van der Waals surface area contributed by atoms with Crippen LogP contribution in [0.3, 0.4) is 0 Å². The van der Waals surface area contributed by atoms with Gasteiger partial charge in [0.1, 0.15) is 0 Å². The van der Waals surface area contributed by atoms with E-state index in [0.717, 1.165) is 5.56 Å². The zero-order valence-corrected chi connectivity index (χ0v) is 12.8. The summed E-state index contributed by atoms with van der Waals surface area (Å²) in [5.41, 5.74) is 9.62. The van der Waals surface area contributed by atoms with Gasteiger partial charge in [-0.1, -0.05) is 0 Å². The summed E-state index contributed by atoms with van der Waals surface area (Å²) in [5.74, 6) is -0.122. The number of hydrogen-bond acceptors (Lipinski definition) is 6. The van der Waals surface area contributed by atoms with Gasteiger partial charge < -0.3 is 10.8 Å². The third kappa shape index (κ3) is 2.08. The van der Waals surface area contributed by atoms with Gasteiger partial charge in [-0.2, -0.15) is 5.10 Å². The molecule has 0 saturated carbocycles. The molecule has 4 N–H and O–H groups in total. The second kappa shape index (κ2) is 5.05. The van der Waals surface area contributed by atoms with Crippen molar-refractivity contribution in [2.24, 2.45) is 0 Å². The lowest BCUT2D eigenvalue weighted by Gasteiger charge is -2.11. The summed E-state index contributed by atoms with van der Waals surface area (Å²) in [4.78, 5) is 22.8. The number of pyridine rings is 2. The molecule has 24 heavy (non-hydrogen) atoms. The number of aryl methyl sites for hydroxylation is 1. The molecule has 8 heteroatoms. The highest BCUT2D eigenvalue weighted by molar-refractivity contribution is 6.10. The minimum Gasteiger partial charge on any atom is -0.504 e. The molecule has 1 aliphatic rings. The van der Waals surface area contributed by atoms with Gasteiger partial charge in [0.15, 0.2) is 11.6 Å². The number of nitrogen functional groups attached to an aromatic ring is 1. The molecule has 0 saturated heterocycles. The predicted molar refractivity (Wildman–Crippen MR) is 87.4 cm³/mol. The number of aromatic amines is 1. The number of rotatable bonds is 2. The Kier molecular flexibility index (Phi) is 2.99. The summed E-state index contributed by atoms with van der Waals surface area (Å²) in [6.45, 7) is 2.24. The summed E-state index contributed by atoms with van der Waals surface area (Å²) in [6.07, 6.45) is 4.82. The van der Waals surface area contributed by atoms with E-state index in [1.165, 1.54) is 6.07 Å². The van der Waals surface area contributed by atoms with Gasteiger partial charge in [0.2, 0.25) is 0 Å². The van der Waals surface area contributed by atoms with Crippen LogP contribution in [-0.4, -0.2) is 31.2 Å². The summed E-state index contributed by atoms with van der Waals surface area (Å²) >= 11 is 0. The highest BCUT2D eigenvalue weighted by atomic mass is 16.3. The molecular weight excluding hydrogens is 308 g/mol. The smallest absolute Gasteiger partial charge is 0.260 e. The van der Waals surface area contributed by atoms with Crippen molar-refractivity contribution in [3.05, 3.63) is 47.5 Å². The number of nitrogens with one attached hydrogen (secondary N) is 1. The molecule has 0 fully saturated rings. The van der Waals surface area contributed by atoms with Crippen LogP contribution >= 0.6 is 0 Å². The van der Waals surface area contributed by atoms with E-state index in [4.69, 9.17) is 5.73 Å². The Hall–Kier alpha value is -3.42. The van der Waals surface area contributed by atoms with Crippen LogP contribution in [-0.2, 0) is 6.54 Å². The molecule has 8 nitrogen and oxygen atoms in total. The largest absolute Gasteiger partial charge is 0.504 e. The molecule has 0 bridgehead atoms. The third-order valence-corrected chi connectivity index (χ3v) is 4.05. The number of hydrogen-bond donors (Lipinski definition) is 3. The second-order valence-electron chi connectivity index (χ2n) is 5.62. The summed E-state index contributed by atoms with van der Waals surface area (Å²) < 4.78 is 0. The maximum Gasteiger partial charge on any atom is 0.260 e. The van der Waals surface area contributed by atoms with E-state index < -0.39 is 0 Å². The van der Waals surface area contributed by atoms with E-state index in [0.29, 0.717) is 34.7 Å². The molecule has 0 aromatic carbocycles. The van der Waals surface area contributed by atoms with Gasteiger partial charge in [-0.25, -0.2) is 4.98 Å².